The van der Waals surface area contributed by atoms with Gasteiger partial charge in [-0.3, -0.25) is 0 Å². The summed E-state index contributed by atoms with van der Waals surface area (Å²) in [5.41, 5.74) is 2.70. The third-order valence-corrected chi connectivity index (χ3v) is 2.07. The number of hydrogen-bond acceptors (Lipinski definition) is 0. The normalized spacial score (nSPS) is 17.9. The van der Waals surface area contributed by atoms with Crippen molar-refractivity contribution in [2.75, 3.05) is 0 Å². The molecule has 0 aliphatic heterocycles. The molecule has 66 valence electrons. The van der Waals surface area contributed by atoms with E-state index in [0.29, 0.717) is 0 Å². The van der Waals surface area contributed by atoms with E-state index >= 15 is 0 Å². The first-order valence-electron chi connectivity index (χ1n) is 4.79. The van der Waals surface area contributed by atoms with Crippen molar-refractivity contribution in [1.29, 1.82) is 0 Å². The second kappa shape index (κ2) is 4.97. The van der Waals surface area contributed by atoms with E-state index in [1.54, 1.807) is 0 Å². The molecule has 0 fully saturated rings. The third-order valence-electron chi connectivity index (χ3n) is 2.07. The maximum atomic E-state index is 3.93. The molecule has 0 aromatic rings. The fraction of sp³-hybridized carbons (Fsp3) is 0.500. The smallest absolute Gasteiger partial charge is 0.00759 e. The van der Waals surface area contributed by atoms with Crippen molar-refractivity contribution in [3.05, 3.63) is 36.0 Å². The van der Waals surface area contributed by atoms with Crippen molar-refractivity contribution >= 4 is 0 Å². The molecule has 0 heteroatoms. The van der Waals surface area contributed by atoms with Crippen LogP contribution in [0.4, 0.5) is 0 Å². The van der Waals surface area contributed by atoms with Gasteiger partial charge in [-0.05, 0) is 44.6 Å². The summed E-state index contributed by atoms with van der Waals surface area (Å²) in [7, 11) is 0. The van der Waals surface area contributed by atoms with Gasteiger partial charge in [0.1, 0.15) is 0 Å². The topological polar surface area (TPSA) is 0 Å². The van der Waals surface area contributed by atoms with Gasteiger partial charge in [0.15, 0.2) is 0 Å². The van der Waals surface area contributed by atoms with Gasteiger partial charge in [-0.15, -0.1) is 0 Å². The summed E-state index contributed by atoms with van der Waals surface area (Å²) in [6.45, 7) is 6.02. The Hall–Kier alpha value is -0.780. The molecule has 1 rings (SSSR count). The molecule has 0 saturated heterocycles. The van der Waals surface area contributed by atoms with E-state index in [2.05, 4.69) is 31.7 Å². The molecule has 0 spiro atoms. The van der Waals surface area contributed by atoms with Crippen LogP contribution in [-0.4, -0.2) is 0 Å². The molecule has 1 aliphatic rings. The van der Waals surface area contributed by atoms with E-state index in [9.17, 15) is 0 Å². The molecule has 0 amide bonds. The van der Waals surface area contributed by atoms with Gasteiger partial charge >= 0.3 is 0 Å². The summed E-state index contributed by atoms with van der Waals surface area (Å²) in [5, 5.41) is 0. The van der Waals surface area contributed by atoms with Gasteiger partial charge in [-0.25, -0.2) is 0 Å². The lowest BCUT2D eigenvalue weighted by Crippen LogP contribution is -1.85. The molecule has 0 saturated carbocycles. The molecular weight excluding hydrogens is 144 g/mol. The van der Waals surface area contributed by atoms with Gasteiger partial charge in [0.05, 0.1) is 0 Å². The highest BCUT2D eigenvalue weighted by Gasteiger charge is 1.96. The minimum absolute atomic E-state index is 1.05. The minimum atomic E-state index is 1.05. The Morgan fingerprint density at radius 3 is 2.92 bits per heavy atom. The largest absolute Gasteiger partial charge is 0.0998 e. The van der Waals surface area contributed by atoms with Crippen molar-refractivity contribution in [1.82, 2.24) is 0 Å². The SMILES string of the molecule is C=C(C)CC1=CCCCCC=C1. The Labute approximate surface area is 75.7 Å². The highest BCUT2D eigenvalue weighted by Crippen LogP contribution is 2.16. The lowest BCUT2D eigenvalue weighted by atomic mass is 10.0. The fourth-order valence-electron chi connectivity index (χ4n) is 1.48. The molecule has 0 atom stereocenters. The van der Waals surface area contributed by atoms with Gasteiger partial charge in [-0.2, -0.15) is 0 Å². The summed E-state index contributed by atoms with van der Waals surface area (Å²) < 4.78 is 0. The zero-order valence-corrected chi connectivity index (χ0v) is 7.97. The predicted octanol–water partition coefficient (Wildman–Crippen LogP) is 4.01. The zero-order chi connectivity index (χ0) is 8.81. The van der Waals surface area contributed by atoms with Crippen LogP contribution in [-0.2, 0) is 0 Å². The first-order valence-corrected chi connectivity index (χ1v) is 4.79. The number of allylic oxidation sites excluding steroid dienone is 5. The van der Waals surface area contributed by atoms with Crippen LogP contribution in [0.2, 0.25) is 0 Å². The van der Waals surface area contributed by atoms with Crippen molar-refractivity contribution in [2.24, 2.45) is 0 Å². The molecule has 0 bridgehead atoms. The van der Waals surface area contributed by atoms with Gasteiger partial charge in [0.25, 0.3) is 0 Å². The second-order valence-corrected chi connectivity index (χ2v) is 3.60. The molecule has 0 aromatic heterocycles. The van der Waals surface area contributed by atoms with Crippen LogP contribution in [0.25, 0.3) is 0 Å². The molecule has 0 radical (unpaired) electrons. The Bertz CT molecular complexity index is 206. The molecule has 0 N–H and O–H groups in total. The van der Waals surface area contributed by atoms with Crippen LogP contribution < -0.4 is 0 Å². The standard InChI is InChI=1S/C12H18/c1-11(2)10-12-8-6-4-3-5-7-9-12/h6,8-9H,1,3-5,7,10H2,2H3. The summed E-state index contributed by atoms with van der Waals surface area (Å²) in [5.74, 6) is 0. The fourth-order valence-corrected chi connectivity index (χ4v) is 1.48. The van der Waals surface area contributed by atoms with E-state index in [1.807, 2.05) is 0 Å². The average Bonchev–Trinajstić information content (AvgIpc) is 1.93. The minimum Gasteiger partial charge on any atom is -0.0998 e. The van der Waals surface area contributed by atoms with E-state index in [4.69, 9.17) is 0 Å². The van der Waals surface area contributed by atoms with Crippen molar-refractivity contribution in [2.45, 2.75) is 39.0 Å². The maximum Gasteiger partial charge on any atom is -0.00759 e. The van der Waals surface area contributed by atoms with Crippen molar-refractivity contribution in [3.8, 4) is 0 Å². The van der Waals surface area contributed by atoms with Crippen LogP contribution in [0.15, 0.2) is 36.0 Å². The maximum absolute atomic E-state index is 3.93. The van der Waals surface area contributed by atoms with E-state index in [1.165, 1.54) is 36.8 Å². The van der Waals surface area contributed by atoms with Crippen LogP contribution >= 0.6 is 0 Å². The van der Waals surface area contributed by atoms with Gasteiger partial charge in [0.2, 0.25) is 0 Å². The predicted molar refractivity (Wildman–Crippen MR) is 55.1 cm³/mol. The summed E-state index contributed by atoms with van der Waals surface area (Å²) in [4.78, 5) is 0. The monoisotopic (exact) mass is 162 g/mol. The highest BCUT2D eigenvalue weighted by atomic mass is 14.0. The van der Waals surface area contributed by atoms with E-state index in [0.717, 1.165) is 6.42 Å². The number of hydrogen-bond donors (Lipinski definition) is 0. The summed E-state index contributed by atoms with van der Waals surface area (Å²) in [6.07, 6.45) is 13.1. The van der Waals surface area contributed by atoms with Crippen LogP contribution in [0, 0.1) is 0 Å². The van der Waals surface area contributed by atoms with Crippen LogP contribution in [0.1, 0.15) is 39.0 Å². The highest BCUT2D eigenvalue weighted by molar-refractivity contribution is 5.24. The van der Waals surface area contributed by atoms with E-state index < -0.39 is 0 Å². The Morgan fingerprint density at radius 2 is 2.17 bits per heavy atom. The van der Waals surface area contributed by atoms with E-state index in [-0.39, 0.29) is 0 Å². The Morgan fingerprint density at radius 1 is 1.42 bits per heavy atom. The van der Waals surface area contributed by atoms with Crippen LogP contribution in [0.5, 0.6) is 0 Å². The molecule has 0 aromatic carbocycles. The lowest BCUT2D eigenvalue weighted by Gasteiger charge is -2.05. The molecule has 1 aliphatic carbocycles. The lowest BCUT2D eigenvalue weighted by molar-refractivity contribution is 0.753. The molecule has 12 heavy (non-hydrogen) atoms. The van der Waals surface area contributed by atoms with Crippen LogP contribution in [0.3, 0.4) is 0 Å². The Balaban J connectivity index is 2.53. The van der Waals surface area contributed by atoms with Crippen molar-refractivity contribution < 1.29 is 0 Å². The average molecular weight is 162 g/mol. The van der Waals surface area contributed by atoms with Gasteiger partial charge < -0.3 is 0 Å². The van der Waals surface area contributed by atoms with Gasteiger partial charge in [-0.1, -0.05) is 30.4 Å². The third kappa shape index (κ3) is 3.56. The van der Waals surface area contributed by atoms with Crippen molar-refractivity contribution in [3.63, 3.8) is 0 Å². The summed E-state index contributed by atoms with van der Waals surface area (Å²) >= 11 is 0. The van der Waals surface area contributed by atoms with Gasteiger partial charge in [0, 0.05) is 0 Å². The molecular formula is C12H18. The Kier molecular flexibility index (Phi) is 3.86. The molecule has 0 unspecified atom stereocenters. The first-order chi connectivity index (χ1) is 5.79. The second-order valence-electron chi connectivity index (χ2n) is 3.60. The summed E-state index contributed by atoms with van der Waals surface area (Å²) in [6, 6.07) is 0. The zero-order valence-electron chi connectivity index (χ0n) is 7.97. The molecule has 0 heterocycles. The first kappa shape index (κ1) is 9.31. The number of rotatable bonds is 2. The quantitative estimate of drug-likeness (QED) is 0.538. The molecule has 0 nitrogen and oxygen atoms in total.